The Morgan fingerprint density at radius 3 is 2.54 bits per heavy atom. The lowest BCUT2D eigenvalue weighted by atomic mass is 9.90. The van der Waals surface area contributed by atoms with Gasteiger partial charge in [-0.3, -0.25) is 10.1 Å². The standard InChI is InChI=1S/C21H21N3O4/c1-26-17-10-9-16(12-18(17)27-2)20-23-24-21(28-20)22-19(25)15-8-7-13-5-3-4-6-14(13)11-15/h7-12H,3-6H2,1-2H3,(H,22,24,25). The monoisotopic (exact) mass is 379 g/mol. The molecule has 1 aromatic heterocycles. The molecule has 7 heteroatoms. The molecule has 1 aliphatic rings. The minimum Gasteiger partial charge on any atom is -0.493 e. The molecule has 1 aliphatic carbocycles. The average Bonchev–Trinajstić information content (AvgIpc) is 3.21. The molecule has 4 rings (SSSR count). The van der Waals surface area contributed by atoms with Crippen LogP contribution in [0, 0.1) is 0 Å². The number of methoxy groups -OCH3 is 2. The first-order valence-corrected chi connectivity index (χ1v) is 9.17. The fourth-order valence-corrected chi connectivity index (χ4v) is 3.40. The molecule has 0 aliphatic heterocycles. The maximum atomic E-state index is 12.6. The van der Waals surface area contributed by atoms with Crippen molar-refractivity contribution in [3.05, 3.63) is 53.1 Å². The maximum absolute atomic E-state index is 12.6. The summed E-state index contributed by atoms with van der Waals surface area (Å²) in [6, 6.07) is 11.1. The molecule has 0 saturated heterocycles. The Balaban J connectivity index is 1.51. The number of hydrogen-bond donors (Lipinski definition) is 1. The van der Waals surface area contributed by atoms with Gasteiger partial charge in [0.15, 0.2) is 11.5 Å². The Labute approximate surface area is 162 Å². The molecule has 0 bridgehead atoms. The number of carbonyl (C=O) groups is 1. The highest BCUT2D eigenvalue weighted by molar-refractivity contribution is 6.03. The van der Waals surface area contributed by atoms with E-state index >= 15 is 0 Å². The van der Waals surface area contributed by atoms with Gasteiger partial charge in [-0.25, -0.2) is 0 Å². The fraction of sp³-hybridized carbons (Fsp3) is 0.286. The van der Waals surface area contributed by atoms with E-state index in [0.29, 0.717) is 22.6 Å². The first kappa shape index (κ1) is 18.0. The number of carbonyl (C=O) groups excluding carboxylic acids is 1. The van der Waals surface area contributed by atoms with Crippen molar-refractivity contribution in [3.8, 4) is 23.0 Å². The predicted molar refractivity (Wildman–Crippen MR) is 104 cm³/mol. The van der Waals surface area contributed by atoms with Crippen LogP contribution in [0.25, 0.3) is 11.5 Å². The van der Waals surface area contributed by atoms with E-state index < -0.39 is 0 Å². The highest BCUT2D eigenvalue weighted by atomic mass is 16.5. The number of benzene rings is 2. The van der Waals surface area contributed by atoms with Gasteiger partial charge >= 0.3 is 6.01 Å². The summed E-state index contributed by atoms with van der Waals surface area (Å²) >= 11 is 0. The van der Waals surface area contributed by atoms with E-state index in [9.17, 15) is 4.79 Å². The average molecular weight is 379 g/mol. The van der Waals surface area contributed by atoms with Crippen LogP contribution >= 0.6 is 0 Å². The maximum Gasteiger partial charge on any atom is 0.322 e. The Hall–Kier alpha value is -3.35. The smallest absolute Gasteiger partial charge is 0.322 e. The topological polar surface area (TPSA) is 86.5 Å². The molecule has 2 aromatic carbocycles. The van der Waals surface area contributed by atoms with E-state index in [2.05, 4.69) is 15.5 Å². The molecule has 1 N–H and O–H groups in total. The molecular weight excluding hydrogens is 358 g/mol. The molecule has 0 radical (unpaired) electrons. The minimum atomic E-state index is -0.268. The summed E-state index contributed by atoms with van der Waals surface area (Å²) < 4.78 is 16.1. The number of hydrogen-bond acceptors (Lipinski definition) is 6. The molecule has 0 fully saturated rings. The van der Waals surface area contributed by atoms with E-state index in [1.807, 2.05) is 18.2 Å². The summed E-state index contributed by atoms with van der Waals surface area (Å²) in [5, 5.41) is 10.6. The Kier molecular flexibility index (Phi) is 4.97. The molecule has 1 amide bonds. The van der Waals surface area contributed by atoms with Crippen molar-refractivity contribution >= 4 is 11.9 Å². The summed E-state index contributed by atoms with van der Waals surface area (Å²) in [5.74, 6) is 1.17. The Morgan fingerprint density at radius 1 is 0.964 bits per heavy atom. The molecule has 3 aromatic rings. The zero-order valence-corrected chi connectivity index (χ0v) is 15.8. The van der Waals surface area contributed by atoms with Crippen LogP contribution in [0.4, 0.5) is 6.01 Å². The molecule has 0 saturated carbocycles. The lowest BCUT2D eigenvalue weighted by Crippen LogP contribution is -2.13. The first-order valence-electron chi connectivity index (χ1n) is 9.17. The number of rotatable bonds is 5. The zero-order valence-electron chi connectivity index (χ0n) is 15.8. The van der Waals surface area contributed by atoms with Gasteiger partial charge < -0.3 is 13.9 Å². The van der Waals surface area contributed by atoms with Crippen molar-refractivity contribution in [1.29, 1.82) is 0 Å². The van der Waals surface area contributed by atoms with Crippen molar-refractivity contribution in [1.82, 2.24) is 10.2 Å². The highest BCUT2D eigenvalue weighted by Crippen LogP contribution is 2.32. The zero-order chi connectivity index (χ0) is 19.5. The summed E-state index contributed by atoms with van der Waals surface area (Å²) in [6.07, 6.45) is 4.46. The second-order valence-electron chi connectivity index (χ2n) is 6.63. The van der Waals surface area contributed by atoms with E-state index in [4.69, 9.17) is 13.9 Å². The quantitative estimate of drug-likeness (QED) is 0.724. The minimum absolute atomic E-state index is 0.0486. The van der Waals surface area contributed by atoms with Crippen molar-refractivity contribution in [2.75, 3.05) is 19.5 Å². The van der Waals surface area contributed by atoms with Gasteiger partial charge in [0.05, 0.1) is 14.2 Å². The van der Waals surface area contributed by atoms with Crippen molar-refractivity contribution in [2.45, 2.75) is 25.7 Å². The van der Waals surface area contributed by atoms with Crippen LogP contribution < -0.4 is 14.8 Å². The number of anilines is 1. The van der Waals surface area contributed by atoms with Crippen LogP contribution in [-0.4, -0.2) is 30.3 Å². The van der Waals surface area contributed by atoms with E-state index in [1.54, 1.807) is 32.4 Å². The normalized spacial score (nSPS) is 12.9. The molecule has 0 unspecified atom stereocenters. The SMILES string of the molecule is COc1ccc(-c2nnc(NC(=O)c3ccc4c(c3)CCCC4)o2)cc1OC. The van der Waals surface area contributed by atoms with Crippen molar-refractivity contribution < 1.29 is 18.7 Å². The summed E-state index contributed by atoms with van der Waals surface area (Å²) in [4.78, 5) is 12.6. The summed E-state index contributed by atoms with van der Waals surface area (Å²) in [7, 11) is 3.12. The van der Waals surface area contributed by atoms with E-state index in [0.717, 1.165) is 19.3 Å². The molecule has 7 nitrogen and oxygen atoms in total. The number of nitrogens with zero attached hydrogens (tertiary/aromatic N) is 2. The van der Waals surface area contributed by atoms with Gasteiger partial charge in [-0.15, -0.1) is 5.10 Å². The van der Waals surface area contributed by atoms with Crippen LogP contribution in [0.2, 0.25) is 0 Å². The number of aryl methyl sites for hydroxylation is 2. The van der Waals surface area contributed by atoms with Gasteiger partial charge in [-0.2, -0.15) is 0 Å². The Bertz CT molecular complexity index is 1010. The van der Waals surface area contributed by atoms with Crippen LogP contribution in [0.15, 0.2) is 40.8 Å². The fourth-order valence-electron chi connectivity index (χ4n) is 3.40. The van der Waals surface area contributed by atoms with Crippen molar-refractivity contribution in [3.63, 3.8) is 0 Å². The molecule has 144 valence electrons. The molecule has 0 spiro atoms. The molecule has 0 atom stereocenters. The lowest BCUT2D eigenvalue weighted by Gasteiger charge is -2.16. The van der Waals surface area contributed by atoms with Crippen LogP contribution in [0.3, 0.4) is 0 Å². The summed E-state index contributed by atoms with van der Waals surface area (Å²) in [6.45, 7) is 0. The van der Waals surface area contributed by atoms with E-state index in [-0.39, 0.29) is 17.8 Å². The third-order valence-corrected chi connectivity index (χ3v) is 4.89. The Morgan fingerprint density at radius 2 is 1.75 bits per heavy atom. The third-order valence-electron chi connectivity index (χ3n) is 4.89. The predicted octanol–water partition coefficient (Wildman–Crippen LogP) is 3.88. The number of amides is 1. The lowest BCUT2D eigenvalue weighted by molar-refractivity contribution is 0.102. The van der Waals surface area contributed by atoms with Crippen LogP contribution in [0.1, 0.15) is 34.3 Å². The first-order chi connectivity index (χ1) is 13.7. The van der Waals surface area contributed by atoms with Gasteiger partial charge in [-0.05, 0) is 67.1 Å². The number of ether oxygens (including phenoxy) is 2. The largest absolute Gasteiger partial charge is 0.493 e. The van der Waals surface area contributed by atoms with Gasteiger partial charge in [0, 0.05) is 11.1 Å². The van der Waals surface area contributed by atoms with Crippen LogP contribution in [-0.2, 0) is 12.8 Å². The number of aromatic nitrogens is 2. The second-order valence-corrected chi connectivity index (χ2v) is 6.63. The second kappa shape index (κ2) is 7.72. The molecular formula is C21H21N3O4. The van der Waals surface area contributed by atoms with Crippen molar-refractivity contribution in [2.24, 2.45) is 0 Å². The number of fused-ring (bicyclic) bond motifs is 1. The van der Waals surface area contributed by atoms with Gasteiger partial charge in [-0.1, -0.05) is 11.2 Å². The van der Waals surface area contributed by atoms with Gasteiger partial charge in [0.25, 0.3) is 5.91 Å². The summed E-state index contributed by atoms with van der Waals surface area (Å²) in [5.41, 5.74) is 3.83. The van der Waals surface area contributed by atoms with Crippen LogP contribution in [0.5, 0.6) is 11.5 Å². The number of nitrogens with one attached hydrogen (secondary N) is 1. The van der Waals surface area contributed by atoms with Gasteiger partial charge in [0.1, 0.15) is 0 Å². The molecule has 1 heterocycles. The third kappa shape index (κ3) is 3.55. The molecule has 28 heavy (non-hydrogen) atoms. The van der Waals surface area contributed by atoms with Gasteiger partial charge in [0.2, 0.25) is 5.89 Å². The van der Waals surface area contributed by atoms with E-state index in [1.165, 1.54) is 17.5 Å². The highest BCUT2D eigenvalue weighted by Gasteiger charge is 2.16.